The van der Waals surface area contributed by atoms with Crippen LogP contribution in [0.5, 0.6) is 0 Å². The Labute approximate surface area is 148 Å². The molecule has 2 aromatic carbocycles. The Morgan fingerprint density at radius 2 is 1.96 bits per heavy atom. The van der Waals surface area contributed by atoms with Gasteiger partial charge in [0, 0.05) is 5.39 Å². The Morgan fingerprint density at radius 3 is 2.81 bits per heavy atom. The predicted octanol–water partition coefficient (Wildman–Crippen LogP) is 2.15. The number of nitrogens with one attached hydrogen (secondary N) is 2. The zero-order valence-corrected chi connectivity index (χ0v) is 14.1. The first-order valence-corrected chi connectivity index (χ1v) is 8.31. The Kier molecular flexibility index (Phi) is 3.96. The fraction of sp³-hybridized carbons (Fsp3) is 0.158. The van der Waals surface area contributed by atoms with Gasteiger partial charge in [-0.3, -0.25) is 9.59 Å². The van der Waals surface area contributed by atoms with Gasteiger partial charge in [-0.25, -0.2) is 9.67 Å². The SMILES string of the molecule is C[C@@H](NC(=O)Cn1ncc2ccccc2c1=O)c1nc2ccccc2[nH]1. The first-order chi connectivity index (χ1) is 12.6. The van der Waals surface area contributed by atoms with E-state index in [-0.39, 0.29) is 24.1 Å². The number of hydrogen-bond acceptors (Lipinski definition) is 4. The van der Waals surface area contributed by atoms with Crippen LogP contribution in [0.1, 0.15) is 18.8 Å². The van der Waals surface area contributed by atoms with Crippen molar-refractivity contribution in [3.63, 3.8) is 0 Å². The second-order valence-corrected chi connectivity index (χ2v) is 6.12. The number of carbonyl (C=O) groups excluding carboxylic acids is 1. The molecule has 4 aromatic rings. The van der Waals surface area contributed by atoms with Crippen LogP contribution in [0.3, 0.4) is 0 Å². The van der Waals surface area contributed by atoms with Crippen molar-refractivity contribution in [3.05, 3.63) is 70.9 Å². The number of nitrogens with zero attached hydrogens (tertiary/aromatic N) is 3. The molecule has 0 aliphatic carbocycles. The predicted molar refractivity (Wildman–Crippen MR) is 98.7 cm³/mol. The zero-order valence-electron chi connectivity index (χ0n) is 14.1. The molecule has 1 atom stereocenters. The highest BCUT2D eigenvalue weighted by Gasteiger charge is 2.15. The van der Waals surface area contributed by atoms with Crippen LogP contribution < -0.4 is 10.9 Å². The van der Waals surface area contributed by atoms with Crippen molar-refractivity contribution in [2.75, 3.05) is 0 Å². The van der Waals surface area contributed by atoms with Gasteiger partial charge < -0.3 is 10.3 Å². The molecule has 7 heteroatoms. The Bertz CT molecular complexity index is 1130. The molecule has 0 saturated heterocycles. The average molecular weight is 347 g/mol. The minimum absolute atomic E-state index is 0.145. The third kappa shape index (κ3) is 2.95. The van der Waals surface area contributed by atoms with Crippen molar-refractivity contribution in [3.8, 4) is 0 Å². The summed E-state index contributed by atoms with van der Waals surface area (Å²) in [5, 5.41) is 8.23. The molecule has 0 aliphatic rings. The summed E-state index contributed by atoms with van der Waals surface area (Å²) in [6.45, 7) is 1.69. The van der Waals surface area contributed by atoms with E-state index < -0.39 is 0 Å². The monoisotopic (exact) mass is 347 g/mol. The van der Waals surface area contributed by atoms with Crippen LogP contribution in [0.25, 0.3) is 21.8 Å². The molecule has 0 spiro atoms. The molecule has 1 amide bonds. The summed E-state index contributed by atoms with van der Waals surface area (Å²) >= 11 is 0. The fourth-order valence-corrected chi connectivity index (χ4v) is 2.91. The van der Waals surface area contributed by atoms with E-state index in [1.807, 2.05) is 43.3 Å². The molecule has 0 bridgehead atoms. The van der Waals surface area contributed by atoms with Gasteiger partial charge in [0.1, 0.15) is 12.4 Å². The first-order valence-electron chi connectivity index (χ1n) is 8.31. The molecule has 0 radical (unpaired) electrons. The van der Waals surface area contributed by atoms with Gasteiger partial charge in [0.05, 0.1) is 28.7 Å². The molecular formula is C19H17N5O2. The number of aromatic nitrogens is 4. The van der Waals surface area contributed by atoms with Crippen LogP contribution in [0.2, 0.25) is 0 Å². The van der Waals surface area contributed by atoms with Crippen molar-refractivity contribution in [2.45, 2.75) is 19.5 Å². The van der Waals surface area contributed by atoms with E-state index in [2.05, 4.69) is 20.4 Å². The molecular weight excluding hydrogens is 330 g/mol. The zero-order chi connectivity index (χ0) is 18.1. The number of H-pyrrole nitrogens is 1. The minimum atomic E-state index is -0.314. The highest BCUT2D eigenvalue weighted by atomic mass is 16.2. The maximum Gasteiger partial charge on any atom is 0.275 e. The van der Waals surface area contributed by atoms with E-state index in [0.717, 1.165) is 16.4 Å². The van der Waals surface area contributed by atoms with Crippen molar-refractivity contribution >= 4 is 27.7 Å². The first kappa shape index (κ1) is 16.0. The minimum Gasteiger partial charge on any atom is -0.345 e. The molecule has 0 aliphatic heterocycles. The topological polar surface area (TPSA) is 92.7 Å². The smallest absolute Gasteiger partial charge is 0.275 e. The Morgan fingerprint density at radius 1 is 1.19 bits per heavy atom. The summed E-state index contributed by atoms with van der Waals surface area (Å²) in [6, 6.07) is 14.5. The number of amides is 1. The second kappa shape index (κ2) is 6.44. The third-order valence-corrected chi connectivity index (χ3v) is 4.25. The average Bonchev–Trinajstić information content (AvgIpc) is 3.09. The third-order valence-electron chi connectivity index (χ3n) is 4.25. The molecule has 0 saturated carbocycles. The number of para-hydroxylation sites is 2. The van der Waals surface area contributed by atoms with Gasteiger partial charge in [0.25, 0.3) is 5.56 Å². The van der Waals surface area contributed by atoms with Crippen molar-refractivity contribution in [2.24, 2.45) is 0 Å². The van der Waals surface area contributed by atoms with Crippen LogP contribution in [0.15, 0.2) is 59.5 Å². The highest BCUT2D eigenvalue weighted by Crippen LogP contribution is 2.15. The largest absolute Gasteiger partial charge is 0.345 e. The van der Waals surface area contributed by atoms with Crippen LogP contribution >= 0.6 is 0 Å². The van der Waals surface area contributed by atoms with Crippen LogP contribution in [-0.4, -0.2) is 25.7 Å². The van der Waals surface area contributed by atoms with Crippen molar-refractivity contribution in [1.29, 1.82) is 0 Å². The van der Waals surface area contributed by atoms with Gasteiger partial charge in [-0.15, -0.1) is 0 Å². The van der Waals surface area contributed by atoms with Gasteiger partial charge in [-0.1, -0.05) is 30.3 Å². The lowest BCUT2D eigenvalue weighted by Crippen LogP contribution is -2.35. The van der Waals surface area contributed by atoms with Gasteiger partial charge >= 0.3 is 0 Å². The molecule has 0 fully saturated rings. The number of benzene rings is 2. The Balaban J connectivity index is 1.51. The number of imidazole rings is 1. The van der Waals surface area contributed by atoms with E-state index in [1.54, 1.807) is 18.3 Å². The van der Waals surface area contributed by atoms with Crippen LogP contribution in [0, 0.1) is 0 Å². The number of hydrogen-bond donors (Lipinski definition) is 2. The molecule has 2 aromatic heterocycles. The lowest BCUT2D eigenvalue weighted by Gasteiger charge is -2.12. The summed E-state index contributed by atoms with van der Waals surface area (Å²) < 4.78 is 1.17. The highest BCUT2D eigenvalue weighted by molar-refractivity contribution is 5.81. The van der Waals surface area contributed by atoms with E-state index in [0.29, 0.717) is 11.2 Å². The maximum atomic E-state index is 12.4. The summed E-state index contributed by atoms with van der Waals surface area (Å²) in [5.41, 5.74) is 1.47. The van der Waals surface area contributed by atoms with Crippen LogP contribution in [0.4, 0.5) is 0 Å². The van der Waals surface area contributed by atoms with Crippen molar-refractivity contribution < 1.29 is 4.79 Å². The number of fused-ring (bicyclic) bond motifs is 2. The van der Waals surface area contributed by atoms with Crippen molar-refractivity contribution in [1.82, 2.24) is 25.1 Å². The standard InChI is InChI=1S/C19H17N5O2/c1-12(18-22-15-8-4-5-9-16(15)23-18)21-17(25)11-24-19(26)14-7-3-2-6-13(14)10-20-24/h2-10,12H,11H2,1H3,(H,21,25)(H,22,23)/t12-/m1/s1. The second-order valence-electron chi connectivity index (χ2n) is 6.12. The maximum absolute atomic E-state index is 12.4. The fourth-order valence-electron chi connectivity index (χ4n) is 2.91. The normalized spacial score (nSPS) is 12.3. The molecule has 2 heterocycles. The molecule has 4 rings (SSSR count). The van der Waals surface area contributed by atoms with E-state index in [9.17, 15) is 9.59 Å². The molecule has 26 heavy (non-hydrogen) atoms. The quantitative estimate of drug-likeness (QED) is 0.592. The lowest BCUT2D eigenvalue weighted by atomic mass is 10.2. The van der Waals surface area contributed by atoms with E-state index in [1.165, 1.54) is 4.68 Å². The van der Waals surface area contributed by atoms with Gasteiger partial charge in [0.15, 0.2) is 0 Å². The number of rotatable bonds is 4. The van der Waals surface area contributed by atoms with Crippen LogP contribution in [-0.2, 0) is 11.3 Å². The number of aromatic amines is 1. The molecule has 7 nitrogen and oxygen atoms in total. The summed E-state index contributed by atoms with van der Waals surface area (Å²) in [6.07, 6.45) is 1.59. The van der Waals surface area contributed by atoms with Gasteiger partial charge in [0.2, 0.25) is 5.91 Å². The van der Waals surface area contributed by atoms with E-state index >= 15 is 0 Å². The lowest BCUT2D eigenvalue weighted by molar-refractivity contribution is -0.122. The summed E-state index contributed by atoms with van der Waals surface area (Å²) in [7, 11) is 0. The van der Waals surface area contributed by atoms with Gasteiger partial charge in [-0.2, -0.15) is 5.10 Å². The molecule has 2 N–H and O–H groups in total. The Hall–Kier alpha value is -3.48. The molecule has 130 valence electrons. The van der Waals surface area contributed by atoms with E-state index in [4.69, 9.17) is 0 Å². The number of carbonyl (C=O) groups is 1. The summed E-state index contributed by atoms with van der Waals surface area (Å²) in [5.74, 6) is 0.362. The summed E-state index contributed by atoms with van der Waals surface area (Å²) in [4.78, 5) is 32.5. The van der Waals surface area contributed by atoms with Gasteiger partial charge in [-0.05, 0) is 25.1 Å². The molecule has 0 unspecified atom stereocenters.